The van der Waals surface area contributed by atoms with E-state index in [2.05, 4.69) is 31.2 Å². The number of thioether (sulfide) groups is 1. The Morgan fingerprint density at radius 2 is 2.21 bits per heavy atom. The lowest BCUT2D eigenvalue weighted by molar-refractivity contribution is 0.245. The van der Waals surface area contributed by atoms with Gasteiger partial charge in [0.15, 0.2) is 0 Å². The van der Waals surface area contributed by atoms with Crippen LogP contribution in [-0.4, -0.2) is 37.1 Å². The van der Waals surface area contributed by atoms with Crippen molar-refractivity contribution >= 4 is 11.8 Å². The molecule has 0 saturated carbocycles. The lowest BCUT2D eigenvalue weighted by Gasteiger charge is -2.24. The van der Waals surface area contributed by atoms with Crippen LogP contribution in [0.25, 0.3) is 0 Å². The molecule has 0 fully saturated rings. The first-order valence-electron chi connectivity index (χ1n) is 6.38. The number of hydrogen-bond acceptors (Lipinski definition) is 4. The molecule has 0 N–H and O–H groups in total. The second-order valence-corrected chi connectivity index (χ2v) is 5.68. The summed E-state index contributed by atoms with van der Waals surface area (Å²) in [5, 5.41) is 8.96. The van der Waals surface area contributed by atoms with E-state index in [9.17, 15) is 0 Å². The van der Waals surface area contributed by atoms with E-state index in [-0.39, 0.29) is 0 Å². The minimum absolute atomic E-state index is 0.550. The summed E-state index contributed by atoms with van der Waals surface area (Å²) in [5.41, 5.74) is 1.76. The van der Waals surface area contributed by atoms with Gasteiger partial charge in [-0.25, -0.2) is 0 Å². The van der Waals surface area contributed by atoms with E-state index in [0.717, 1.165) is 6.54 Å². The summed E-state index contributed by atoms with van der Waals surface area (Å²) >= 11 is 1.88. The van der Waals surface area contributed by atoms with Gasteiger partial charge in [-0.2, -0.15) is 17.0 Å². The molecule has 4 heteroatoms. The van der Waals surface area contributed by atoms with Gasteiger partial charge in [0.05, 0.1) is 12.7 Å². The van der Waals surface area contributed by atoms with Gasteiger partial charge in [0.2, 0.25) is 0 Å². The van der Waals surface area contributed by atoms with E-state index in [0.29, 0.717) is 17.4 Å². The number of rotatable bonds is 7. The highest BCUT2D eigenvalue weighted by Gasteiger charge is 2.11. The Labute approximate surface area is 120 Å². The predicted octanol–water partition coefficient (Wildman–Crippen LogP) is 3.14. The summed E-state index contributed by atoms with van der Waals surface area (Å²) in [5.74, 6) is 1.84. The average Bonchev–Trinajstić information content (AvgIpc) is 2.44. The highest BCUT2D eigenvalue weighted by Crippen LogP contribution is 2.20. The number of nitriles is 1. The Balaban J connectivity index is 2.69. The Bertz CT molecular complexity index is 442. The zero-order valence-electron chi connectivity index (χ0n) is 12.1. The van der Waals surface area contributed by atoms with Crippen LogP contribution in [0.5, 0.6) is 5.75 Å². The quantitative estimate of drug-likeness (QED) is 0.767. The van der Waals surface area contributed by atoms with E-state index in [1.807, 2.05) is 30.0 Å². The van der Waals surface area contributed by atoms with Gasteiger partial charge in [-0.1, -0.05) is 6.07 Å². The highest BCUT2D eigenvalue weighted by molar-refractivity contribution is 7.98. The van der Waals surface area contributed by atoms with Gasteiger partial charge in [0.25, 0.3) is 0 Å². The second-order valence-electron chi connectivity index (χ2n) is 4.69. The molecule has 0 saturated heterocycles. The van der Waals surface area contributed by atoms with Crippen LogP contribution in [0, 0.1) is 11.3 Å². The van der Waals surface area contributed by atoms with Crippen LogP contribution in [0.1, 0.15) is 24.5 Å². The van der Waals surface area contributed by atoms with Crippen molar-refractivity contribution in [1.82, 2.24) is 4.90 Å². The van der Waals surface area contributed by atoms with Crippen molar-refractivity contribution in [2.24, 2.45) is 0 Å². The van der Waals surface area contributed by atoms with Gasteiger partial charge < -0.3 is 4.74 Å². The van der Waals surface area contributed by atoms with Crippen LogP contribution in [0.3, 0.4) is 0 Å². The SMILES string of the molecule is COc1cc(CN(C)C(C)CCSC)ccc1C#N. The first-order chi connectivity index (χ1) is 9.12. The fourth-order valence-electron chi connectivity index (χ4n) is 1.88. The average molecular weight is 278 g/mol. The number of ether oxygens (including phenoxy) is 1. The Kier molecular flexibility index (Phi) is 6.75. The summed E-state index contributed by atoms with van der Waals surface area (Å²) < 4.78 is 5.24. The largest absolute Gasteiger partial charge is 0.495 e. The van der Waals surface area contributed by atoms with Crippen LogP contribution < -0.4 is 4.74 Å². The lowest BCUT2D eigenvalue weighted by Crippen LogP contribution is -2.29. The first-order valence-corrected chi connectivity index (χ1v) is 7.78. The molecule has 1 aromatic carbocycles. The molecule has 1 rings (SSSR count). The second kappa shape index (κ2) is 8.08. The van der Waals surface area contributed by atoms with Crippen LogP contribution in [-0.2, 0) is 6.54 Å². The maximum Gasteiger partial charge on any atom is 0.136 e. The highest BCUT2D eigenvalue weighted by atomic mass is 32.2. The van der Waals surface area contributed by atoms with Crippen LogP contribution in [0.2, 0.25) is 0 Å². The zero-order valence-corrected chi connectivity index (χ0v) is 13.0. The van der Waals surface area contributed by atoms with Crippen molar-refractivity contribution in [2.75, 3.05) is 26.2 Å². The van der Waals surface area contributed by atoms with Gasteiger partial charge in [-0.15, -0.1) is 0 Å². The number of hydrogen-bond donors (Lipinski definition) is 0. The molecular formula is C15H22N2OS. The van der Waals surface area contributed by atoms with E-state index in [1.54, 1.807) is 7.11 Å². The van der Waals surface area contributed by atoms with Crippen molar-refractivity contribution < 1.29 is 4.74 Å². The van der Waals surface area contributed by atoms with E-state index in [4.69, 9.17) is 10.00 Å². The molecule has 1 unspecified atom stereocenters. The van der Waals surface area contributed by atoms with Crippen LogP contribution >= 0.6 is 11.8 Å². The van der Waals surface area contributed by atoms with Crippen molar-refractivity contribution in [1.29, 1.82) is 5.26 Å². The summed E-state index contributed by atoms with van der Waals surface area (Å²) in [4.78, 5) is 2.33. The van der Waals surface area contributed by atoms with E-state index < -0.39 is 0 Å². The molecule has 0 aliphatic heterocycles. The summed E-state index contributed by atoms with van der Waals surface area (Å²) in [7, 11) is 3.74. The molecule has 0 aromatic heterocycles. The molecule has 1 aromatic rings. The Hall–Kier alpha value is -1.18. The molecule has 19 heavy (non-hydrogen) atoms. The molecule has 3 nitrogen and oxygen atoms in total. The third-order valence-corrected chi connectivity index (χ3v) is 3.95. The van der Waals surface area contributed by atoms with Crippen molar-refractivity contribution in [3.05, 3.63) is 29.3 Å². The lowest BCUT2D eigenvalue weighted by atomic mass is 10.1. The van der Waals surface area contributed by atoms with Crippen molar-refractivity contribution in [2.45, 2.75) is 25.9 Å². The third kappa shape index (κ3) is 4.77. The Morgan fingerprint density at radius 1 is 1.47 bits per heavy atom. The van der Waals surface area contributed by atoms with Crippen molar-refractivity contribution in [3.8, 4) is 11.8 Å². The summed E-state index contributed by atoms with van der Waals surface area (Å²) in [6.45, 7) is 3.12. The monoisotopic (exact) mass is 278 g/mol. The molecule has 0 heterocycles. The minimum Gasteiger partial charge on any atom is -0.495 e. The number of nitrogens with zero attached hydrogens (tertiary/aromatic N) is 2. The predicted molar refractivity (Wildman–Crippen MR) is 81.6 cm³/mol. The molecule has 0 spiro atoms. The summed E-state index contributed by atoms with van der Waals surface area (Å²) in [6, 6.07) is 8.47. The fraction of sp³-hybridized carbons (Fsp3) is 0.533. The molecule has 0 bridgehead atoms. The molecule has 104 valence electrons. The van der Waals surface area contributed by atoms with Crippen LogP contribution in [0.15, 0.2) is 18.2 Å². The zero-order chi connectivity index (χ0) is 14.3. The molecule has 0 radical (unpaired) electrons. The van der Waals surface area contributed by atoms with Gasteiger partial charge >= 0.3 is 0 Å². The normalized spacial score (nSPS) is 12.2. The molecule has 0 aliphatic rings. The topological polar surface area (TPSA) is 36.3 Å². The first kappa shape index (κ1) is 15.9. The van der Waals surface area contributed by atoms with Gasteiger partial charge in [-0.05, 0) is 50.1 Å². The number of methoxy groups -OCH3 is 1. The standard InChI is InChI=1S/C15H22N2OS/c1-12(7-8-19-4)17(2)11-13-5-6-14(10-16)15(9-13)18-3/h5-6,9,12H,7-8,11H2,1-4H3. The smallest absolute Gasteiger partial charge is 0.136 e. The Morgan fingerprint density at radius 3 is 2.79 bits per heavy atom. The van der Waals surface area contributed by atoms with E-state index in [1.165, 1.54) is 17.7 Å². The van der Waals surface area contributed by atoms with Gasteiger partial charge in [-0.3, -0.25) is 4.90 Å². The molecule has 0 aliphatic carbocycles. The summed E-state index contributed by atoms with van der Waals surface area (Å²) in [6.07, 6.45) is 3.32. The molecule has 0 amide bonds. The third-order valence-electron chi connectivity index (χ3n) is 3.31. The molecular weight excluding hydrogens is 256 g/mol. The minimum atomic E-state index is 0.550. The maximum absolute atomic E-state index is 8.96. The van der Waals surface area contributed by atoms with Gasteiger partial charge in [0, 0.05) is 12.6 Å². The van der Waals surface area contributed by atoms with Crippen LogP contribution in [0.4, 0.5) is 0 Å². The maximum atomic E-state index is 8.96. The number of benzene rings is 1. The van der Waals surface area contributed by atoms with Gasteiger partial charge in [0.1, 0.15) is 11.8 Å². The molecule has 1 atom stereocenters. The van der Waals surface area contributed by atoms with E-state index >= 15 is 0 Å². The van der Waals surface area contributed by atoms with Crippen molar-refractivity contribution in [3.63, 3.8) is 0 Å². The fourth-order valence-corrected chi connectivity index (χ4v) is 2.46.